The fourth-order valence-electron chi connectivity index (χ4n) is 1.10. The van der Waals surface area contributed by atoms with E-state index in [9.17, 15) is 0 Å². The molecule has 0 aromatic rings. The molecular formula is C11H21N. The van der Waals surface area contributed by atoms with Crippen molar-refractivity contribution < 1.29 is 0 Å². The highest BCUT2D eigenvalue weighted by Crippen LogP contribution is 2.00. The van der Waals surface area contributed by atoms with E-state index < -0.39 is 0 Å². The summed E-state index contributed by atoms with van der Waals surface area (Å²) in [6.45, 7) is 10.7. The van der Waals surface area contributed by atoms with Crippen LogP contribution in [0.3, 0.4) is 0 Å². The second-order valence-corrected chi connectivity index (χ2v) is 3.15. The highest BCUT2D eigenvalue weighted by molar-refractivity contribution is 4.71. The lowest BCUT2D eigenvalue weighted by atomic mass is 10.1. The average Bonchev–Trinajstić information content (AvgIpc) is 2.06. The van der Waals surface area contributed by atoms with Crippen LogP contribution < -0.4 is 5.32 Å². The van der Waals surface area contributed by atoms with Crippen molar-refractivity contribution in [2.45, 2.75) is 38.6 Å². The molecule has 0 amide bonds. The van der Waals surface area contributed by atoms with E-state index in [4.69, 9.17) is 0 Å². The van der Waals surface area contributed by atoms with E-state index in [1.807, 2.05) is 12.2 Å². The maximum Gasteiger partial charge on any atom is 0.00389 e. The van der Waals surface area contributed by atoms with Crippen molar-refractivity contribution in [1.82, 2.24) is 5.32 Å². The molecular weight excluding hydrogens is 146 g/mol. The van der Waals surface area contributed by atoms with E-state index in [-0.39, 0.29) is 0 Å². The summed E-state index contributed by atoms with van der Waals surface area (Å²) in [6, 6.07) is 0.630. The van der Waals surface area contributed by atoms with E-state index in [0.717, 1.165) is 19.4 Å². The first-order valence-corrected chi connectivity index (χ1v) is 4.76. The number of nitrogens with one attached hydrogen (secondary N) is 1. The lowest BCUT2D eigenvalue weighted by Crippen LogP contribution is -2.26. The van der Waals surface area contributed by atoms with Crippen LogP contribution in [0.15, 0.2) is 25.3 Å². The van der Waals surface area contributed by atoms with Gasteiger partial charge in [0.1, 0.15) is 0 Å². The minimum Gasteiger partial charge on any atom is -0.314 e. The van der Waals surface area contributed by atoms with E-state index in [0.29, 0.717) is 6.04 Å². The lowest BCUT2D eigenvalue weighted by Gasteiger charge is -2.11. The maximum atomic E-state index is 3.70. The predicted molar refractivity (Wildman–Crippen MR) is 56.3 cm³/mol. The standard InChI is InChI=1S/C11H21N/c1-4-6-8-9-11(3)12-10-7-5-2/h4-5,11-12H,1-2,6-10H2,3H3. The Morgan fingerprint density at radius 2 is 1.92 bits per heavy atom. The lowest BCUT2D eigenvalue weighted by molar-refractivity contribution is 0.506. The highest BCUT2D eigenvalue weighted by Gasteiger charge is 1.97. The van der Waals surface area contributed by atoms with Gasteiger partial charge in [-0.1, -0.05) is 12.2 Å². The zero-order valence-electron chi connectivity index (χ0n) is 8.18. The molecule has 1 atom stereocenters. The SMILES string of the molecule is C=CCCCC(C)NCCC=C. The van der Waals surface area contributed by atoms with Gasteiger partial charge in [-0.25, -0.2) is 0 Å². The molecule has 0 aliphatic carbocycles. The fraction of sp³-hybridized carbons (Fsp3) is 0.636. The van der Waals surface area contributed by atoms with Gasteiger partial charge in [0.2, 0.25) is 0 Å². The van der Waals surface area contributed by atoms with Gasteiger partial charge >= 0.3 is 0 Å². The van der Waals surface area contributed by atoms with E-state index in [1.54, 1.807) is 0 Å². The molecule has 0 bridgehead atoms. The Balaban J connectivity index is 3.14. The minimum atomic E-state index is 0.630. The van der Waals surface area contributed by atoms with Gasteiger partial charge in [-0.15, -0.1) is 13.2 Å². The Labute approximate surface area is 76.6 Å². The molecule has 0 fully saturated rings. The molecule has 1 heteroatoms. The third-order valence-electron chi connectivity index (χ3n) is 1.89. The molecule has 0 rings (SSSR count). The molecule has 0 heterocycles. The summed E-state index contributed by atoms with van der Waals surface area (Å²) >= 11 is 0. The van der Waals surface area contributed by atoms with Gasteiger partial charge < -0.3 is 5.32 Å². The zero-order chi connectivity index (χ0) is 9.23. The Hall–Kier alpha value is -0.560. The molecule has 0 saturated carbocycles. The normalized spacial score (nSPS) is 12.4. The molecule has 0 aliphatic rings. The van der Waals surface area contributed by atoms with Gasteiger partial charge in [0, 0.05) is 6.04 Å². The van der Waals surface area contributed by atoms with Crippen molar-refractivity contribution in [2.24, 2.45) is 0 Å². The van der Waals surface area contributed by atoms with Crippen LogP contribution >= 0.6 is 0 Å². The molecule has 0 aromatic carbocycles. The van der Waals surface area contributed by atoms with Crippen LogP contribution in [0.5, 0.6) is 0 Å². The van der Waals surface area contributed by atoms with E-state index in [1.165, 1.54) is 12.8 Å². The van der Waals surface area contributed by atoms with Crippen LogP contribution in [0.25, 0.3) is 0 Å². The number of allylic oxidation sites excluding steroid dienone is 1. The summed E-state index contributed by atoms with van der Waals surface area (Å²) in [6.07, 6.45) is 8.61. The number of unbranched alkanes of at least 4 members (excludes halogenated alkanes) is 1. The summed E-state index contributed by atoms with van der Waals surface area (Å²) in [5, 5.41) is 3.44. The average molecular weight is 167 g/mol. The van der Waals surface area contributed by atoms with Crippen molar-refractivity contribution in [1.29, 1.82) is 0 Å². The van der Waals surface area contributed by atoms with Crippen molar-refractivity contribution >= 4 is 0 Å². The predicted octanol–water partition coefficient (Wildman–Crippen LogP) is 2.90. The molecule has 1 unspecified atom stereocenters. The molecule has 0 aliphatic heterocycles. The van der Waals surface area contributed by atoms with Crippen LogP contribution in [-0.4, -0.2) is 12.6 Å². The molecule has 1 nitrogen and oxygen atoms in total. The smallest absolute Gasteiger partial charge is 0.00389 e. The van der Waals surface area contributed by atoms with Crippen LogP contribution in [0.4, 0.5) is 0 Å². The summed E-state index contributed by atoms with van der Waals surface area (Å²) in [7, 11) is 0. The van der Waals surface area contributed by atoms with Gasteiger partial charge in [0.15, 0.2) is 0 Å². The highest BCUT2D eigenvalue weighted by atomic mass is 14.9. The molecule has 0 saturated heterocycles. The van der Waals surface area contributed by atoms with Crippen LogP contribution in [0.2, 0.25) is 0 Å². The van der Waals surface area contributed by atoms with Crippen LogP contribution in [0, 0.1) is 0 Å². The second kappa shape index (κ2) is 8.54. The van der Waals surface area contributed by atoms with E-state index in [2.05, 4.69) is 25.4 Å². The minimum absolute atomic E-state index is 0.630. The first kappa shape index (κ1) is 11.4. The number of hydrogen-bond acceptors (Lipinski definition) is 1. The Bertz CT molecular complexity index is 104. The quantitative estimate of drug-likeness (QED) is 0.433. The van der Waals surface area contributed by atoms with Crippen molar-refractivity contribution in [3.8, 4) is 0 Å². The van der Waals surface area contributed by atoms with Gasteiger partial charge in [-0.3, -0.25) is 0 Å². The summed E-state index contributed by atoms with van der Waals surface area (Å²) in [5.74, 6) is 0. The summed E-state index contributed by atoms with van der Waals surface area (Å²) < 4.78 is 0. The fourth-order valence-corrected chi connectivity index (χ4v) is 1.10. The van der Waals surface area contributed by atoms with Crippen molar-refractivity contribution in [3.63, 3.8) is 0 Å². The van der Waals surface area contributed by atoms with Gasteiger partial charge in [-0.05, 0) is 39.2 Å². The molecule has 0 spiro atoms. The molecule has 1 N–H and O–H groups in total. The number of hydrogen-bond donors (Lipinski definition) is 1. The Morgan fingerprint density at radius 1 is 1.25 bits per heavy atom. The first-order chi connectivity index (χ1) is 5.81. The third-order valence-corrected chi connectivity index (χ3v) is 1.89. The van der Waals surface area contributed by atoms with E-state index >= 15 is 0 Å². The maximum absolute atomic E-state index is 3.70. The second-order valence-electron chi connectivity index (χ2n) is 3.15. The molecule has 0 radical (unpaired) electrons. The first-order valence-electron chi connectivity index (χ1n) is 4.76. The van der Waals surface area contributed by atoms with Crippen molar-refractivity contribution in [3.05, 3.63) is 25.3 Å². The third kappa shape index (κ3) is 7.55. The Morgan fingerprint density at radius 3 is 2.50 bits per heavy atom. The topological polar surface area (TPSA) is 12.0 Å². The molecule has 0 aromatic heterocycles. The summed E-state index contributed by atoms with van der Waals surface area (Å²) in [4.78, 5) is 0. The number of rotatable bonds is 8. The zero-order valence-corrected chi connectivity index (χ0v) is 8.18. The largest absolute Gasteiger partial charge is 0.314 e. The summed E-state index contributed by atoms with van der Waals surface area (Å²) in [5.41, 5.74) is 0. The molecule has 12 heavy (non-hydrogen) atoms. The monoisotopic (exact) mass is 167 g/mol. The van der Waals surface area contributed by atoms with Gasteiger partial charge in [0.25, 0.3) is 0 Å². The Kier molecular flexibility index (Phi) is 8.14. The van der Waals surface area contributed by atoms with Gasteiger partial charge in [0.05, 0.1) is 0 Å². The molecule has 70 valence electrons. The van der Waals surface area contributed by atoms with Crippen molar-refractivity contribution in [2.75, 3.05) is 6.54 Å². The van der Waals surface area contributed by atoms with Gasteiger partial charge in [-0.2, -0.15) is 0 Å². The van der Waals surface area contributed by atoms with Crippen LogP contribution in [-0.2, 0) is 0 Å². The van der Waals surface area contributed by atoms with Crippen LogP contribution in [0.1, 0.15) is 32.6 Å².